The van der Waals surface area contributed by atoms with Crippen LogP contribution in [0.1, 0.15) is 19.3 Å². The summed E-state index contributed by atoms with van der Waals surface area (Å²) in [6.45, 7) is 0. The monoisotopic (exact) mass is 168 g/mol. The number of Topliss-reactive ketones (excluding diaryl/α,β-unsaturated/α-hetero) is 1. The molecule has 66 valence electrons. The minimum Gasteiger partial charge on any atom is -0.410 e. The number of carbonyl (C=O) groups is 1. The van der Waals surface area contributed by atoms with Crippen LogP contribution >= 0.6 is 0 Å². The fraction of sp³-hybridized carbons (Fsp3) is 0.750. The number of fused-ring (bicyclic) bond motifs is 2. The van der Waals surface area contributed by atoms with Crippen LogP contribution in [0.3, 0.4) is 0 Å². The van der Waals surface area contributed by atoms with Gasteiger partial charge in [-0.1, -0.05) is 5.16 Å². The van der Waals surface area contributed by atoms with E-state index in [2.05, 4.69) is 10.1 Å². The maximum atomic E-state index is 11.3. The van der Waals surface area contributed by atoms with Crippen molar-refractivity contribution in [1.29, 1.82) is 0 Å². The van der Waals surface area contributed by atoms with E-state index in [1.54, 1.807) is 0 Å². The van der Waals surface area contributed by atoms with Crippen molar-refractivity contribution >= 4 is 11.5 Å². The van der Waals surface area contributed by atoms with E-state index in [4.69, 9.17) is 5.21 Å². The summed E-state index contributed by atoms with van der Waals surface area (Å²) in [5.41, 5.74) is 0.353. The van der Waals surface area contributed by atoms with Crippen molar-refractivity contribution < 1.29 is 10.0 Å². The van der Waals surface area contributed by atoms with Crippen LogP contribution in [0.2, 0.25) is 0 Å². The minimum absolute atomic E-state index is 0.0168. The molecular weight excluding hydrogens is 156 g/mol. The number of oxime groups is 1. The molecule has 12 heavy (non-hydrogen) atoms. The summed E-state index contributed by atoms with van der Waals surface area (Å²) < 4.78 is 0. The Morgan fingerprint density at radius 2 is 2.33 bits per heavy atom. The lowest BCUT2D eigenvalue weighted by Crippen LogP contribution is -2.47. The number of rotatable bonds is 0. The highest BCUT2D eigenvalue weighted by atomic mass is 16.4. The Hall–Kier alpha value is -0.900. The summed E-state index contributed by atoms with van der Waals surface area (Å²) in [7, 11) is 1.99. The third kappa shape index (κ3) is 0.876. The van der Waals surface area contributed by atoms with Gasteiger partial charge in [0.2, 0.25) is 0 Å². The molecule has 0 aromatic heterocycles. The fourth-order valence-corrected chi connectivity index (χ4v) is 2.21. The molecule has 2 aliphatic rings. The molecule has 2 rings (SSSR count). The predicted molar refractivity (Wildman–Crippen MR) is 43.4 cm³/mol. The molecule has 1 N–H and O–H groups in total. The molecule has 4 heteroatoms. The van der Waals surface area contributed by atoms with Gasteiger partial charge < -0.3 is 5.21 Å². The molecule has 0 saturated carbocycles. The van der Waals surface area contributed by atoms with Crippen molar-refractivity contribution in [1.82, 2.24) is 4.90 Å². The summed E-state index contributed by atoms with van der Waals surface area (Å²) >= 11 is 0. The van der Waals surface area contributed by atoms with E-state index in [1.807, 2.05) is 7.05 Å². The molecule has 0 aromatic rings. The lowest BCUT2D eigenvalue weighted by Gasteiger charge is -2.30. The molecule has 0 unspecified atom stereocenters. The molecule has 2 bridgehead atoms. The minimum atomic E-state index is 0.0168. The van der Waals surface area contributed by atoms with Crippen molar-refractivity contribution in [3.63, 3.8) is 0 Å². The van der Waals surface area contributed by atoms with E-state index >= 15 is 0 Å². The largest absolute Gasteiger partial charge is 0.410 e. The van der Waals surface area contributed by atoms with Crippen LogP contribution in [0.5, 0.6) is 0 Å². The summed E-state index contributed by atoms with van der Waals surface area (Å²) in [6.07, 6.45) is 2.52. The van der Waals surface area contributed by atoms with E-state index < -0.39 is 0 Å². The van der Waals surface area contributed by atoms with Crippen LogP contribution in [-0.4, -0.2) is 40.7 Å². The highest BCUT2D eigenvalue weighted by Gasteiger charge is 2.42. The van der Waals surface area contributed by atoms with Crippen molar-refractivity contribution in [3.8, 4) is 0 Å². The van der Waals surface area contributed by atoms with Gasteiger partial charge in [-0.3, -0.25) is 9.69 Å². The Kier molecular flexibility index (Phi) is 1.65. The zero-order valence-electron chi connectivity index (χ0n) is 7.03. The topological polar surface area (TPSA) is 52.9 Å². The molecule has 2 fully saturated rings. The first-order chi connectivity index (χ1) is 5.74. The van der Waals surface area contributed by atoms with E-state index in [-0.39, 0.29) is 11.8 Å². The fourth-order valence-electron chi connectivity index (χ4n) is 2.21. The zero-order valence-corrected chi connectivity index (χ0v) is 7.03. The van der Waals surface area contributed by atoms with Crippen molar-refractivity contribution in [2.45, 2.75) is 31.3 Å². The second-order valence-electron chi connectivity index (χ2n) is 3.52. The first-order valence-corrected chi connectivity index (χ1v) is 4.21. The second-order valence-corrected chi connectivity index (χ2v) is 3.52. The van der Waals surface area contributed by atoms with E-state index in [0.29, 0.717) is 18.2 Å². The van der Waals surface area contributed by atoms with Gasteiger partial charge in [-0.05, 0) is 19.9 Å². The SMILES string of the molecule is CN1[C@@H]2CC[C@H]1/C(=N\O)C(=O)C2. The zero-order chi connectivity index (χ0) is 8.72. The Balaban J connectivity index is 2.32. The van der Waals surface area contributed by atoms with E-state index in [0.717, 1.165) is 12.8 Å². The Morgan fingerprint density at radius 3 is 3.00 bits per heavy atom. The summed E-state index contributed by atoms with van der Waals surface area (Å²) in [4.78, 5) is 13.4. The van der Waals surface area contributed by atoms with Crippen molar-refractivity contribution in [2.75, 3.05) is 7.05 Å². The van der Waals surface area contributed by atoms with Crippen LogP contribution in [0, 0.1) is 0 Å². The molecule has 4 nitrogen and oxygen atoms in total. The van der Waals surface area contributed by atoms with Crippen LogP contribution in [-0.2, 0) is 4.79 Å². The maximum absolute atomic E-state index is 11.3. The molecule has 0 aromatic carbocycles. The third-order valence-electron chi connectivity index (χ3n) is 2.97. The number of ketones is 1. The number of piperidine rings is 1. The van der Waals surface area contributed by atoms with Gasteiger partial charge in [-0.15, -0.1) is 0 Å². The Labute approximate surface area is 70.8 Å². The lowest BCUT2D eigenvalue weighted by molar-refractivity contribution is -0.115. The summed E-state index contributed by atoms with van der Waals surface area (Å²) in [5.74, 6) is 0.0168. The lowest BCUT2D eigenvalue weighted by atomic mass is 10.0. The molecule has 2 aliphatic heterocycles. The van der Waals surface area contributed by atoms with Gasteiger partial charge >= 0.3 is 0 Å². The first-order valence-electron chi connectivity index (χ1n) is 4.21. The van der Waals surface area contributed by atoms with Gasteiger partial charge in [0.05, 0.1) is 6.04 Å². The van der Waals surface area contributed by atoms with Crippen LogP contribution in [0.4, 0.5) is 0 Å². The van der Waals surface area contributed by atoms with Crippen molar-refractivity contribution in [3.05, 3.63) is 0 Å². The average Bonchev–Trinajstić information content (AvgIpc) is 2.34. The number of nitrogens with zero attached hydrogens (tertiary/aromatic N) is 2. The Bertz CT molecular complexity index is 249. The molecule has 2 saturated heterocycles. The molecule has 2 heterocycles. The number of hydrogen-bond donors (Lipinski definition) is 1. The average molecular weight is 168 g/mol. The molecule has 0 amide bonds. The maximum Gasteiger partial charge on any atom is 0.183 e. The smallest absolute Gasteiger partial charge is 0.183 e. The van der Waals surface area contributed by atoms with Crippen LogP contribution < -0.4 is 0 Å². The number of hydrogen-bond acceptors (Lipinski definition) is 4. The molecule has 0 spiro atoms. The summed E-state index contributed by atoms with van der Waals surface area (Å²) in [6, 6.07) is 0.453. The van der Waals surface area contributed by atoms with Gasteiger partial charge in [-0.2, -0.15) is 0 Å². The van der Waals surface area contributed by atoms with Gasteiger partial charge in [0, 0.05) is 12.5 Å². The molecular formula is C8H12N2O2. The highest BCUT2D eigenvalue weighted by Crippen LogP contribution is 2.30. The van der Waals surface area contributed by atoms with Crippen molar-refractivity contribution in [2.24, 2.45) is 5.16 Å². The van der Waals surface area contributed by atoms with Gasteiger partial charge in [0.1, 0.15) is 5.71 Å². The molecule has 0 radical (unpaired) electrons. The number of carbonyl (C=O) groups excluding carboxylic acids is 1. The quantitative estimate of drug-likeness (QED) is 0.416. The second kappa shape index (κ2) is 2.55. The summed E-state index contributed by atoms with van der Waals surface area (Å²) in [5, 5.41) is 11.7. The van der Waals surface area contributed by atoms with Gasteiger partial charge in [0.15, 0.2) is 5.78 Å². The normalized spacial score (nSPS) is 39.4. The molecule has 0 aliphatic carbocycles. The molecule has 2 atom stereocenters. The van der Waals surface area contributed by atoms with E-state index in [9.17, 15) is 4.79 Å². The first kappa shape index (κ1) is 7.73. The standard InChI is InChI=1S/C8H12N2O2/c1-10-5-2-3-6(10)8(9-12)7(11)4-5/h5-6,12H,2-4H2,1H3/b9-8+/t5-,6+/m1/s1. The van der Waals surface area contributed by atoms with Crippen LogP contribution in [0.15, 0.2) is 5.16 Å². The third-order valence-corrected chi connectivity index (χ3v) is 2.97. The predicted octanol–water partition coefficient (Wildman–Crippen LogP) is 0.252. The van der Waals surface area contributed by atoms with E-state index in [1.165, 1.54) is 0 Å². The highest BCUT2D eigenvalue weighted by molar-refractivity contribution is 6.42. The van der Waals surface area contributed by atoms with Gasteiger partial charge in [0.25, 0.3) is 0 Å². The van der Waals surface area contributed by atoms with Gasteiger partial charge in [-0.25, -0.2) is 0 Å². The Morgan fingerprint density at radius 1 is 1.58 bits per heavy atom. The van der Waals surface area contributed by atoms with Crippen LogP contribution in [0.25, 0.3) is 0 Å².